The molecule has 1 aliphatic rings. The molecular weight excluding hydrogens is 280 g/mol. The first-order chi connectivity index (χ1) is 8.34. The summed E-state index contributed by atoms with van der Waals surface area (Å²) in [6.07, 6.45) is 0. The molecule has 3 nitrogen and oxygen atoms in total. The lowest BCUT2D eigenvalue weighted by molar-refractivity contribution is 0.122. The monoisotopic (exact) mass is 292 g/mol. The van der Waals surface area contributed by atoms with Gasteiger partial charge in [0, 0.05) is 18.5 Å². The summed E-state index contributed by atoms with van der Waals surface area (Å²) in [7, 11) is 0. The lowest BCUT2D eigenvalue weighted by Crippen LogP contribution is -2.36. The van der Waals surface area contributed by atoms with E-state index in [1.165, 1.54) is 5.39 Å². The van der Waals surface area contributed by atoms with Gasteiger partial charge < -0.3 is 9.64 Å². The zero-order valence-electron chi connectivity index (χ0n) is 9.40. The molecule has 1 saturated heterocycles. The van der Waals surface area contributed by atoms with Crippen LogP contribution in [0.3, 0.4) is 0 Å². The summed E-state index contributed by atoms with van der Waals surface area (Å²) in [4.78, 5) is 6.88. The van der Waals surface area contributed by atoms with E-state index in [4.69, 9.17) is 4.74 Å². The maximum Gasteiger partial charge on any atom is 0.130 e. The lowest BCUT2D eigenvalue weighted by Gasteiger charge is -2.28. The lowest BCUT2D eigenvalue weighted by atomic mass is 10.2. The molecule has 0 spiro atoms. The Morgan fingerprint density at radius 1 is 1.18 bits per heavy atom. The van der Waals surface area contributed by atoms with Crippen LogP contribution in [0.15, 0.2) is 34.9 Å². The van der Waals surface area contributed by atoms with Crippen molar-refractivity contribution >= 4 is 32.5 Å². The number of morpholine rings is 1. The van der Waals surface area contributed by atoms with Crippen molar-refractivity contribution in [2.45, 2.75) is 0 Å². The summed E-state index contributed by atoms with van der Waals surface area (Å²) in [5.74, 6) is 1.03. The van der Waals surface area contributed by atoms with Gasteiger partial charge in [0.15, 0.2) is 0 Å². The number of aromatic nitrogens is 1. The standard InChI is InChI=1S/C13H13BrN2O/c14-13-11-4-2-1-3-10(11)9-12(15-13)16-5-7-17-8-6-16/h1-4,9H,5-8H2. The Bertz CT molecular complexity index is 538. The average Bonchev–Trinajstić information content (AvgIpc) is 2.40. The number of rotatable bonds is 1. The molecule has 0 unspecified atom stereocenters. The summed E-state index contributed by atoms with van der Waals surface area (Å²) in [6, 6.07) is 10.4. The molecule has 1 aromatic heterocycles. The van der Waals surface area contributed by atoms with Crippen LogP contribution in [0.5, 0.6) is 0 Å². The van der Waals surface area contributed by atoms with Crippen LogP contribution in [0.25, 0.3) is 10.8 Å². The fourth-order valence-corrected chi connectivity index (χ4v) is 2.64. The minimum absolute atomic E-state index is 0.784. The second-order valence-electron chi connectivity index (χ2n) is 4.09. The zero-order valence-corrected chi connectivity index (χ0v) is 11.0. The molecule has 4 heteroatoms. The predicted octanol–water partition coefficient (Wildman–Crippen LogP) is 2.83. The summed E-state index contributed by atoms with van der Waals surface area (Å²) in [5, 5.41) is 2.38. The second-order valence-corrected chi connectivity index (χ2v) is 4.84. The zero-order chi connectivity index (χ0) is 11.7. The van der Waals surface area contributed by atoms with Gasteiger partial charge in [-0.1, -0.05) is 24.3 Å². The molecule has 88 valence electrons. The van der Waals surface area contributed by atoms with E-state index < -0.39 is 0 Å². The van der Waals surface area contributed by atoms with Crippen LogP contribution in [0, 0.1) is 0 Å². The highest BCUT2D eigenvalue weighted by atomic mass is 79.9. The molecule has 0 aliphatic carbocycles. The predicted molar refractivity (Wildman–Crippen MR) is 72.5 cm³/mol. The quantitative estimate of drug-likeness (QED) is 0.756. The second kappa shape index (κ2) is 4.63. The maximum absolute atomic E-state index is 5.36. The first-order valence-corrected chi connectivity index (χ1v) is 6.52. The maximum atomic E-state index is 5.36. The fourth-order valence-electron chi connectivity index (χ4n) is 2.10. The minimum atomic E-state index is 0.784. The molecule has 0 atom stereocenters. The SMILES string of the molecule is Brc1nc(N2CCOCC2)cc2ccccc12. The molecule has 2 aromatic rings. The van der Waals surface area contributed by atoms with Gasteiger partial charge in [-0.2, -0.15) is 0 Å². The number of fused-ring (bicyclic) bond motifs is 1. The van der Waals surface area contributed by atoms with Crippen LogP contribution in [-0.2, 0) is 4.74 Å². The van der Waals surface area contributed by atoms with Gasteiger partial charge in [-0.3, -0.25) is 0 Å². The molecule has 1 fully saturated rings. The molecule has 2 heterocycles. The number of hydrogen-bond acceptors (Lipinski definition) is 3. The normalized spacial score (nSPS) is 16.4. The highest BCUT2D eigenvalue weighted by Gasteiger charge is 2.13. The third-order valence-corrected chi connectivity index (χ3v) is 3.62. The van der Waals surface area contributed by atoms with E-state index in [0.717, 1.165) is 42.1 Å². The van der Waals surface area contributed by atoms with E-state index in [2.05, 4.69) is 50.1 Å². The van der Waals surface area contributed by atoms with Gasteiger partial charge in [0.1, 0.15) is 10.4 Å². The van der Waals surface area contributed by atoms with Gasteiger partial charge in [-0.05, 0) is 27.4 Å². The highest BCUT2D eigenvalue weighted by Crippen LogP contribution is 2.26. The molecule has 3 rings (SSSR count). The number of hydrogen-bond donors (Lipinski definition) is 0. The summed E-state index contributed by atoms with van der Waals surface area (Å²) >= 11 is 3.55. The highest BCUT2D eigenvalue weighted by molar-refractivity contribution is 9.10. The van der Waals surface area contributed by atoms with Gasteiger partial charge in [0.25, 0.3) is 0 Å². The fraction of sp³-hybridized carbons (Fsp3) is 0.308. The number of pyridine rings is 1. The van der Waals surface area contributed by atoms with Crippen molar-refractivity contribution in [1.29, 1.82) is 0 Å². The Morgan fingerprint density at radius 2 is 1.94 bits per heavy atom. The Labute approximate surface area is 109 Å². The number of nitrogens with zero attached hydrogens (tertiary/aromatic N) is 2. The third kappa shape index (κ3) is 2.15. The molecule has 0 bridgehead atoms. The molecule has 0 saturated carbocycles. The molecule has 0 amide bonds. The molecular formula is C13H13BrN2O. The van der Waals surface area contributed by atoms with Gasteiger partial charge in [0.2, 0.25) is 0 Å². The Morgan fingerprint density at radius 3 is 2.76 bits per heavy atom. The molecule has 1 aromatic carbocycles. The van der Waals surface area contributed by atoms with Crippen molar-refractivity contribution in [3.05, 3.63) is 34.9 Å². The van der Waals surface area contributed by atoms with Crippen LogP contribution >= 0.6 is 15.9 Å². The van der Waals surface area contributed by atoms with Crippen LogP contribution in [0.2, 0.25) is 0 Å². The first kappa shape index (κ1) is 11.0. The third-order valence-electron chi connectivity index (χ3n) is 3.02. The molecule has 0 radical (unpaired) electrons. The van der Waals surface area contributed by atoms with Crippen LogP contribution in [0.4, 0.5) is 5.82 Å². The smallest absolute Gasteiger partial charge is 0.130 e. The summed E-state index contributed by atoms with van der Waals surface area (Å²) in [5.41, 5.74) is 0. The van der Waals surface area contributed by atoms with Crippen LogP contribution in [-0.4, -0.2) is 31.3 Å². The van der Waals surface area contributed by atoms with E-state index in [1.54, 1.807) is 0 Å². The summed E-state index contributed by atoms with van der Waals surface area (Å²) < 4.78 is 6.27. The largest absolute Gasteiger partial charge is 0.378 e. The number of ether oxygens (including phenoxy) is 1. The van der Waals surface area contributed by atoms with Crippen LogP contribution < -0.4 is 4.90 Å². The van der Waals surface area contributed by atoms with Crippen molar-refractivity contribution in [2.24, 2.45) is 0 Å². The number of halogens is 1. The van der Waals surface area contributed by atoms with Crippen molar-refractivity contribution < 1.29 is 4.74 Å². The average molecular weight is 293 g/mol. The van der Waals surface area contributed by atoms with E-state index in [1.807, 2.05) is 6.07 Å². The van der Waals surface area contributed by atoms with Gasteiger partial charge in [-0.25, -0.2) is 4.98 Å². The van der Waals surface area contributed by atoms with Crippen LogP contribution in [0.1, 0.15) is 0 Å². The number of anilines is 1. The summed E-state index contributed by atoms with van der Waals surface area (Å²) in [6.45, 7) is 3.40. The first-order valence-electron chi connectivity index (χ1n) is 5.72. The molecule has 1 aliphatic heterocycles. The molecule has 0 N–H and O–H groups in total. The van der Waals surface area contributed by atoms with Crippen molar-refractivity contribution in [1.82, 2.24) is 4.98 Å². The molecule has 17 heavy (non-hydrogen) atoms. The Balaban J connectivity index is 2.05. The van der Waals surface area contributed by atoms with E-state index >= 15 is 0 Å². The van der Waals surface area contributed by atoms with Gasteiger partial charge in [-0.15, -0.1) is 0 Å². The number of benzene rings is 1. The van der Waals surface area contributed by atoms with Crippen molar-refractivity contribution in [3.63, 3.8) is 0 Å². The minimum Gasteiger partial charge on any atom is -0.378 e. The van der Waals surface area contributed by atoms with Gasteiger partial charge in [0.05, 0.1) is 13.2 Å². The van der Waals surface area contributed by atoms with E-state index in [9.17, 15) is 0 Å². The van der Waals surface area contributed by atoms with Crippen molar-refractivity contribution in [3.8, 4) is 0 Å². The van der Waals surface area contributed by atoms with E-state index in [-0.39, 0.29) is 0 Å². The Hall–Kier alpha value is -1.13. The Kier molecular flexibility index (Phi) is 2.99. The topological polar surface area (TPSA) is 25.4 Å². The van der Waals surface area contributed by atoms with Gasteiger partial charge >= 0.3 is 0 Å². The van der Waals surface area contributed by atoms with E-state index in [0.29, 0.717) is 0 Å². The van der Waals surface area contributed by atoms with Crippen molar-refractivity contribution in [2.75, 3.05) is 31.2 Å².